The molecule has 0 N–H and O–H groups in total. The Labute approximate surface area is 143 Å². The van der Waals surface area contributed by atoms with E-state index in [4.69, 9.17) is 11.6 Å². The highest BCUT2D eigenvalue weighted by atomic mass is 35.5. The van der Waals surface area contributed by atoms with Gasteiger partial charge in [0.1, 0.15) is 0 Å². The lowest BCUT2D eigenvalue weighted by Gasteiger charge is -2.26. The third kappa shape index (κ3) is 3.61. The zero-order valence-corrected chi connectivity index (χ0v) is 14.8. The third-order valence-electron chi connectivity index (χ3n) is 4.69. The van der Waals surface area contributed by atoms with Crippen molar-refractivity contribution in [1.29, 1.82) is 0 Å². The maximum absolute atomic E-state index is 12.6. The SMILES string of the molecule is CCc1cccc2c1CCC(CS(=O)(=O)c1ccc(Cl)cc1)C2. The Hall–Kier alpha value is -1.32. The zero-order valence-electron chi connectivity index (χ0n) is 13.3. The summed E-state index contributed by atoms with van der Waals surface area (Å²) in [5.41, 5.74) is 4.17. The first-order valence-corrected chi connectivity index (χ1v) is 10.1. The fourth-order valence-corrected chi connectivity index (χ4v) is 5.26. The summed E-state index contributed by atoms with van der Waals surface area (Å²) in [4.78, 5) is 0.370. The summed E-state index contributed by atoms with van der Waals surface area (Å²) >= 11 is 5.84. The van der Waals surface area contributed by atoms with Gasteiger partial charge in [-0.1, -0.05) is 36.7 Å². The van der Waals surface area contributed by atoms with Gasteiger partial charge in [0, 0.05) is 5.02 Å². The third-order valence-corrected chi connectivity index (χ3v) is 6.84. The van der Waals surface area contributed by atoms with Gasteiger partial charge in [-0.2, -0.15) is 0 Å². The number of aryl methyl sites for hydroxylation is 1. The Morgan fingerprint density at radius 2 is 1.87 bits per heavy atom. The number of rotatable bonds is 4. The zero-order chi connectivity index (χ0) is 16.4. The molecule has 0 heterocycles. The van der Waals surface area contributed by atoms with E-state index >= 15 is 0 Å². The van der Waals surface area contributed by atoms with Crippen LogP contribution in [0.5, 0.6) is 0 Å². The Morgan fingerprint density at radius 1 is 1.13 bits per heavy atom. The van der Waals surface area contributed by atoms with Crippen LogP contribution in [0.4, 0.5) is 0 Å². The minimum absolute atomic E-state index is 0.190. The predicted octanol–water partition coefficient (Wildman–Crippen LogP) is 4.48. The van der Waals surface area contributed by atoms with Crippen molar-refractivity contribution in [2.45, 2.75) is 37.5 Å². The number of benzene rings is 2. The van der Waals surface area contributed by atoms with Crippen LogP contribution in [-0.4, -0.2) is 14.2 Å². The Morgan fingerprint density at radius 3 is 2.57 bits per heavy atom. The van der Waals surface area contributed by atoms with Gasteiger partial charge in [0.15, 0.2) is 9.84 Å². The fraction of sp³-hybridized carbons (Fsp3) is 0.368. The first kappa shape index (κ1) is 16.5. The van der Waals surface area contributed by atoms with E-state index in [-0.39, 0.29) is 11.7 Å². The second kappa shape index (κ2) is 6.66. The lowest BCUT2D eigenvalue weighted by Crippen LogP contribution is -2.23. The van der Waals surface area contributed by atoms with Crippen LogP contribution in [0.25, 0.3) is 0 Å². The molecule has 0 spiro atoms. The maximum atomic E-state index is 12.6. The van der Waals surface area contributed by atoms with E-state index in [0.29, 0.717) is 9.92 Å². The molecule has 0 amide bonds. The molecule has 0 aromatic heterocycles. The lowest BCUT2D eigenvalue weighted by atomic mass is 9.82. The first-order chi connectivity index (χ1) is 11.0. The minimum Gasteiger partial charge on any atom is -0.224 e. The molecule has 0 fully saturated rings. The molecule has 3 rings (SSSR count). The van der Waals surface area contributed by atoms with Crippen LogP contribution >= 0.6 is 11.6 Å². The second-order valence-corrected chi connectivity index (χ2v) is 8.72. The molecule has 0 bridgehead atoms. The predicted molar refractivity (Wildman–Crippen MR) is 94.8 cm³/mol. The van der Waals surface area contributed by atoms with Crippen LogP contribution in [-0.2, 0) is 29.1 Å². The molecular formula is C19H21ClO2S. The Kier molecular flexibility index (Phi) is 4.79. The molecule has 1 aliphatic carbocycles. The molecule has 2 nitrogen and oxygen atoms in total. The highest BCUT2D eigenvalue weighted by molar-refractivity contribution is 7.91. The summed E-state index contributed by atoms with van der Waals surface area (Å²) < 4.78 is 25.2. The van der Waals surface area contributed by atoms with E-state index in [2.05, 4.69) is 25.1 Å². The van der Waals surface area contributed by atoms with Gasteiger partial charge in [0.25, 0.3) is 0 Å². The molecule has 1 unspecified atom stereocenters. The maximum Gasteiger partial charge on any atom is 0.178 e. The molecular weight excluding hydrogens is 328 g/mol. The molecule has 1 aliphatic rings. The summed E-state index contributed by atoms with van der Waals surface area (Å²) in [5.74, 6) is 0.403. The molecule has 0 radical (unpaired) electrons. The van der Waals surface area contributed by atoms with Gasteiger partial charge >= 0.3 is 0 Å². The minimum atomic E-state index is -3.25. The van der Waals surface area contributed by atoms with Gasteiger partial charge in [-0.25, -0.2) is 8.42 Å². The van der Waals surface area contributed by atoms with E-state index in [1.54, 1.807) is 24.3 Å². The number of hydrogen-bond donors (Lipinski definition) is 0. The normalized spacial score (nSPS) is 17.7. The van der Waals surface area contributed by atoms with Gasteiger partial charge in [0.05, 0.1) is 10.6 Å². The molecule has 0 saturated carbocycles. The molecule has 122 valence electrons. The quantitative estimate of drug-likeness (QED) is 0.816. The van der Waals surface area contributed by atoms with Crippen molar-refractivity contribution in [2.24, 2.45) is 5.92 Å². The van der Waals surface area contributed by atoms with Gasteiger partial charge in [-0.15, -0.1) is 0 Å². The molecule has 4 heteroatoms. The summed E-state index contributed by atoms with van der Waals surface area (Å²) in [6, 6.07) is 12.9. The van der Waals surface area contributed by atoms with Crippen molar-refractivity contribution in [1.82, 2.24) is 0 Å². The summed E-state index contributed by atoms with van der Waals surface area (Å²) in [7, 11) is -3.25. The van der Waals surface area contributed by atoms with Crippen molar-refractivity contribution in [3.8, 4) is 0 Å². The monoisotopic (exact) mass is 348 g/mol. The van der Waals surface area contributed by atoms with Crippen molar-refractivity contribution in [3.63, 3.8) is 0 Å². The molecule has 23 heavy (non-hydrogen) atoms. The van der Waals surface area contributed by atoms with Crippen LogP contribution in [0, 0.1) is 5.92 Å². The molecule has 0 saturated heterocycles. The van der Waals surface area contributed by atoms with Crippen molar-refractivity contribution in [2.75, 3.05) is 5.75 Å². The topological polar surface area (TPSA) is 34.1 Å². The van der Waals surface area contributed by atoms with Crippen molar-refractivity contribution in [3.05, 3.63) is 64.2 Å². The number of fused-ring (bicyclic) bond motifs is 1. The lowest BCUT2D eigenvalue weighted by molar-refractivity contribution is 0.489. The fourth-order valence-electron chi connectivity index (χ4n) is 3.48. The van der Waals surface area contributed by atoms with Gasteiger partial charge in [-0.05, 0) is 72.6 Å². The van der Waals surface area contributed by atoms with E-state index in [0.717, 1.165) is 25.7 Å². The van der Waals surface area contributed by atoms with E-state index in [1.807, 2.05) is 0 Å². The number of hydrogen-bond acceptors (Lipinski definition) is 2. The largest absolute Gasteiger partial charge is 0.224 e. The average molecular weight is 349 g/mol. The van der Waals surface area contributed by atoms with Crippen LogP contribution in [0.1, 0.15) is 30.0 Å². The Bertz CT molecular complexity index is 795. The summed E-state index contributed by atoms with van der Waals surface area (Å²) in [5, 5.41) is 0.558. The van der Waals surface area contributed by atoms with E-state index in [9.17, 15) is 8.42 Å². The Balaban J connectivity index is 1.78. The van der Waals surface area contributed by atoms with Crippen molar-refractivity contribution >= 4 is 21.4 Å². The standard InChI is InChI=1S/C19H21ClO2S/c1-2-15-4-3-5-16-12-14(6-11-19(15)16)13-23(21,22)18-9-7-17(20)8-10-18/h3-5,7-10,14H,2,6,11-13H2,1H3. The van der Waals surface area contributed by atoms with Crippen LogP contribution in [0.2, 0.25) is 5.02 Å². The summed E-state index contributed by atoms with van der Waals surface area (Å²) in [6.07, 6.45) is 3.82. The van der Waals surface area contributed by atoms with Crippen LogP contribution in [0.15, 0.2) is 47.4 Å². The second-order valence-electron chi connectivity index (χ2n) is 6.25. The smallest absolute Gasteiger partial charge is 0.178 e. The molecule has 2 aromatic carbocycles. The van der Waals surface area contributed by atoms with Gasteiger partial charge in [0.2, 0.25) is 0 Å². The molecule has 1 atom stereocenters. The van der Waals surface area contributed by atoms with Gasteiger partial charge in [-0.3, -0.25) is 0 Å². The van der Waals surface area contributed by atoms with Gasteiger partial charge < -0.3 is 0 Å². The van der Waals surface area contributed by atoms with Crippen molar-refractivity contribution < 1.29 is 8.42 Å². The highest BCUT2D eigenvalue weighted by Gasteiger charge is 2.26. The van der Waals surface area contributed by atoms with Crippen LogP contribution < -0.4 is 0 Å². The number of halogens is 1. The van der Waals surface area contributed by atoms with E-state index < -0.39 is 9.84 Å². The molecule has 0 aliphatic heterocycles. The van der Waals surface area contributed by atoms with E-state index in [1.165, 1.54) is 16.7 Å². The van der Waals surface area contributed by atoms with Crippen LogP contribution in [0.3, 0.4) is 0 Å². The highest BCUT2D eigenvalue weighted by Crippen LogP contribution is 2.30. The number of sulfone groups is 1. The molecule has 2 aromatic rings. The average Bonchev–Trinajstić information content (AvgIpc) is 2.54. The summed E-state index contributed by atoms with van der Waals surface area (Å²) in [6.45, 7) is 2.17. The first-order valence-electron chi connectivity index (χ1n) is 8.07.